The number of para-hydroxylation sites is 1. The SMILES string of the molecule is COC(=O)Cn1/c(=N\N=C/c2ccc(C)cc2)sc2ccccc21. The Morgan fingerprint density at radius 1 is 1.21 bits per heavy atom. The lowest BCUT2D eigenvalue weighted by atomic mass is 10.2. The van der Waals surface area contributed by atoms with Gasteiger partial charge in [-0.15, -0.1) is 5.10 Å². The fourth-order valence-corrected chi connectivity index (χ4v) is 3.23. The number of thiazole rings is 1. The Balaban J connectivity index is 1.99. The second kappa shape index (κ2) is 7.23. The summed E-state index contributed by atoms with van der Waals surface area (Å²) >= 11 is 1.49. The molecule has 3 rings (SSSR count). The Hall–Kier alpha value is -2.73. The third-order valence-electron chi connectivity index (χ3n) is 3.53. The highest BCUT2D eigenvalue weighted by Crippen LogP contribution is 2.16. The number of hydrogen-bond acceptors (Lipinski definition) is 5. The van der Waals surface area contributed by atoms with Crippen LogP contribution in [0.3, 0.4) is 0 Å². The zero-order valence-electron chi connectivity index (χ0n) is 13.5. The van der Waals surface area contributed by atoms with E-state index in [4.69, 9.17) is 4.74 Å². The molecule has 0 radical (unpaired) electrons. The van der Waals surface area contributed by atoms with E-state index in [0.29, 0.717) is 4.80 Å². The second-order valence-electron chi connectivity index (χ2n) is 5.27. The molecule has 1 aromatic heterocycles. The first-order valence-corrected chi connectivity index (χ1v) is 8.28. The van der Waals surface area contributed by atoms with Gasteiger partial charge in [-0.3, -0.25) is 4.79 Å². The highest BCUT2D eigenvalue weighted by molar-refractivity contribution is 7.16. The van der Waals surface area contributed by atoms with Crippen LogP contribution in [-0.2, 0) is 16.1 Å². The van der Waals surface area contributed by atoms with Gasteiger partial charge >= 0.3 is 5.97 Å². The smallest absolute Gasteiger partial charge is 0.325 e. The summed E-state index contributed by atoms with van der Waals surface area (Å²) in [6, 6.07) is 15.9. The van der Waals surface area contributed by atoms with E-state index in [1.54, 1.807) is 6.21 Å². The molecule has 0 spiro atoms. The molecule has 3 aromatic rings. The van der Waals surface area contributed by atoms with E-state index in [-0.39, 0.29) is 12.5 Å². The van der Waals surface area contributed by atoms with Crippen LogP contribution in [0.2, 0.25) is 0 Å². The van der Waals surface area contributed by atoms with E-state index < -0.39 is 0 Å². The Labute approximate surface area is 143 Å². The van der Waals surface area contributed by atoms with E-state index in [2.05, 4.69) is 10.2 Å². The van der Waals surface area contributed by atoms with Crippen molar-refractivity contribution in [2.75, 3.05) is 7.11 Å². The fourth-order valence-electron chi connectivity index (χ4n) is 2.24. The molecule has 0 aliphatic heterocycles. The lowest BCUT2D eigenvalue weighted by molar-refractivity contribution is -0.141. The largest absolute Gasteiger partial charge is 0.468 e. The van der Waals surface area contributed by atoms with E-state index in [0.717, 1.165) is 15.8 Å². The van der Waals surface area contributed by atoms with E-state index in [1.165, 1.54) is 24.0 Å². The zero-order chi connectivity index (χ0) is 16.9. The van der Waals surface area contributed by atoms with Gasteiger partial charge in [0.15, 0.2) is 0 Å². The zero-order valence-corrected chi connectivity index (χ0v) is 14.3. The van der Waals surface area contributed by atoms with Gasteiger partial charge in [0.2, 0.25) is 4.80 Å². The minimum Gasteiger partial charge on any atom is -0.468 e. The summed E-state index contributed by atoms with van der Waals surface area (Å²) in [5.41, 5.74) is 3.12. The number of nitrogens with zero attached hydrogens (tertiary/aromatic N) is 3. The number of carbonyl (C=O) groups excluding carboxylic acids is 1. The molecule has 0 saturated carbocycles. The van der Waals surface area contributed by atoms with Gasteiger partial charge in [-0.1, -0.05) is 53.3 Å². The van der Waals surface area contributed by atoms with Crippen LogP contribution in [0.15, 0.2) is 58.7 Å². The summed E-state index contributed by atoms with van der Waals surface area (Å²) in [4.78, 5) is 12.3. The molecule has 0 saturated heterocycles. The van der Waals surface area contributed by atoms with Gasteiger partial charge in [0, 0.05) is 0 Å². The molecule has 0 N–H and O–H groups in total. The minimum absolute atomic E-state index is 0.111. The Morgan fingerprint density at radius 2 is 1.96 bits per heavy atom. The first kappa shape index (κ1) is 16.1. The number of benzene rings is 2. The summed E-state index contributed by atoms with van der Waals surface area (Å²) in [7, 11) is 1.38. The molecular weight excluding hydrogens is 322 g/mol. The van der Waals surface area contributed by atoms with Crippen molar-refractivity contribution in [1.82, 2.24) is 4.57 Å². The van der Waals surface area contributed by atoms with E-state index >= 15 is 0 Å². The van der Waals surface area contributed by atoms with Gasteiger partial charge in [-0.05, 0) is 24.6 Å². The van der Waals surface area contributed by atoms with Gasteiger partial charge in [0.25, 0.3) is 0 Å². The van der Waals surface area contributed by atoms with Gasteiger partial charge in [-0.25, -0.2) is 0 Å². The van der Waals surface area contributed by atoms with Crippen LogP contribution in [0.5, 0.6) is 0 Å². The van der Waals surface area contributed by atoms with Gasteiger partial charge < -0.3 is 9.30 Å². The maximum absolute atomic E-state index is 11.7. The van der Waals surface area contributed by atoms with Crippen molar-refractivity contribution in [2.24, 2.45) is 10.2 Å². The molecule has 1 heterocycles. The van der Waals surface area contributed by atoms with Gasteiger partial charge in [0.05, 0.1) is 23.5 Å². The van der Waals surface area contributed by atoms with Crippen LogP contribution in [-0.4, -0.2) is 23.9 Å². The number of methoxy groups -OCH3 is 1. The Morgan fingerprint density at radius 3 is 2.71 bits per heavy atom. The van der Waals surface area contributed by atoms with Crippen molar-refractivity contribution in [3.8, 4) is 0 Å². The highest BCUT2D eigenvalue weighted by atomic mass is 32.1. The average molecular weight is 339 g/mol. The quantitative estimate of drug-likeness (QED) is 0.417. The van der Waals surface area contributed by atoms with Crippen LogP contribution in [0.25, 0.3) is 10.2 Å². The number of ether oxygens (including phenoxy) is 1. The molecule has 0 atom stereocenters. The molecule has 0 amide bonds. The molecule has 24 heavy (non-hydrogen) atoms. The first-order chi connectivity index (χ1) is 11.7. The van der Waals surface area contributed by atoms with Crippen molar-refractivity contribution >= 4 is 33.7 Å². The topological polar surface area (TPSA) is 56.0 Å². The predicted molar refractivity (Wildman–Crippen MR) is 96.2 cm³/mol. The lowest BCUT2D eigenvalue weighted by Gasteiger charge is -2.02. The third-order valence-corrected chi connectivity index (χ3v) is 4.58. The number of hydrogen-bond donors (Lipinski definition) is 0. The predicted octanol–water partition coefficient (Wildman–Crippen LogP) is 3.12. The summed E-state index contributed by atoms with van der Waals surface area (Å²) in [6.45, 7) is 2.15. The van der Waals surface area contributed by atoms with Crippen LogP contribution >= 0.6 is 11.3 Å². The van der Waals surface area contributed by atoms with Crippen molar-refractivity contribution in [2.45, 2.75) is 13.5 Å². The molecule has 5 nitrogen and oxygen atoms in total. The fraction of sp³-hybridized carbons (Fsp3) is 0.167. The number of fused-ring (bicyclic) bond motifs is 1. The first-order valence-electron chi connectivity index (χ1n) is 7.46. The number of carbonyl (C=O) groups is 1. The monoisotopic (exact) mass is 339 g/mol. The molecule has 0 bridgehead atoms. The van der Waals surface area contributed by atoms with Gasteiger partial charge in [-0.2, -0.15) is 5.10 Å². The van der Waals surface area contributed by atoms with E-state index in [1.807, 2.05) is 60.0 Å². The molecule has 0 aliphatic rings. The van der Waals surface area contributed by atoms with Crippen molar-refractivity contribution in [1.29, 1.82) is 0 Å². The highest BCUT2D eigenvalue weighted by Gasteiger charge is 2.09. The number of esters is 1. The van der Waals surface area contributed by atoms with E-state index in [9.17, 15) is 4.79 Å². The van der Waals surface area contributed by atoms with Crippen LogP contribution in [0, 0.1) is 6.92 Å². The summed E-state index contributed by atoms with van der Waals surface area (Å²) in [5.74, 6) is -0.317. The van der Waals surface area contributed by atoms with Crippen LogP contribution in [0.4, 0.5) is 0 Å². The number of aromatic nitrogens is 1. The standard InChI is InChI=1S/C18H17N3O2S/c1-13-7-9-14(10-8-13)11-19-20-18-21(12-17(22)23-2)15-5-3-4-6-16(15)24-18/h3-11H,12H2,1-2H3/b19-11-,20-18+. The minimum atomic E-state index is -0.317. The lowest BCUT2D eigenvalue weighted by Crippen LogP contribution is -2.20. The normalized spacial score (nSPS) is 12.2. The summed E-state index contributed by atoms with van der Waals surface area (Å²) in [5, 5.41) is 8.46. The van der Waals surface area contributed by atoms with Crippen LogP contribution < -0.4 is 4.80 Å². The summed E-state index contributed by atoms with van der Waals surface area (Å²) in [6.07, 6.45) is 1.70. The molecule has 0 fully saturated rings. The van der Waals surface area contributed by atoms with Crippen molar-refractivity contribution in [3.05, 3.63) is 64.5 Å². The number of rotatable bonds is 4. The Kier molecular flexibility index (Phi) is 4.86. The molecule has 122 valence electrons. The third kappa shape index (κ3) is 3.60. The Bertz CT molecular complexity index is 952. The molecule has 0 unspecified atom stereocenters. The average Bonchev–Trinajstić information content (AvgIpc) is 2.94. The molecule has 0 aliphatic carbocycles. The van der Waals surface area contributed by atoms with Crippen LogP contribution in [0.1, 0.15) is 11.1 Å². The van der Waals surface area contributed by atoms with Gasteiger partial charge in [0.1, 0.15) is 6.54 Å². The maximum Gasteiger partial charge on any atom is 0.325 e. The maximum atomic E-state index is 11.7. The van der Waals surface area contributed by atoms with Crippen molar-refractivity contribution in [3.63, 3.8) is 0 Å². The molecule has 6 heteroatoms. The van der Waals surface area contributed by atoms with Crippen molar-refractivity contribution < 1.29 is 9.53 Å². The number of aryl methyl sites for hydroxylation is 1. The summed E-state index contributed by atoms with van der Waals surface area (Å²) < 4.78 is 7.64. The molecule has 2 aromatic carbocycles. The molecular formula is C18H17N3O2S. The second-order valence-corrected chi connectivity index (χ2v) is 6.28.